The summed E-state index contributed by atoms with van der Waals surface area (Å²) in [4.78, 5) is 22.9. The number of halogens is 1. The third-order valence-electron chi connectivity index (χ3n) is 4.60. The zero-order valence-corrected chi connectivity index (χ0v) is 19.3. The van der Waals surface area contributed by atoms with Crippen LogP contribution in [0.5, 0.6) is 5.75 Å². The van der Waals surface area contributed by atoms with E-state index in [1.54, 1.807) is 25.1 Å². The Morgan fingerprint density at radius 2 is 2.06 bits per heavy atom. The smallest absolute Gasteiger partial charge is 0.271 e. The number of carbonyl (C=O) groups is 1. The van der Waals surface area contributed by atoms with Crippen molar-refractivity contribution in [3.63, 3.8) is 0 Å². The number of nitro benzene ring substituents is 1. The fourth-order valence-corrected chi connectivity index (χ4v) is 3.95. The number of hydrogen-bond acceptors (Lipinski definition) is 7. The van der Waals surface area contributed by atoms with Crippen molar-refractivity contribution in [2.24, 2.45) is 0 Å². The monoisotopic (exact) mass is 475 g/mol. The van der Waals surface area contributed by atoms with Crippen LogP contribution in [0.1, 0.15) is 31.3 Å². The zero-order chi connectivity index (χ0) is 23.3. The first kappa shape index (κ1) is 23.6. The van der Waals surface area contributed by atoms with E-state index < -0.39 is 11.0 Å². The number of non-ortho nitro benzene ring substituents is 1. The van der Waals surface area contributed by atoms with Gasteiger partial charge in [-0.1, -0.05) is 41.6 Å². The summed E-state index contributed by atoms with van der Waals surface area (Å²) in [7, 11) is 0. The Kier molecular flexibility index (Phi) is 7.70. The molecule has 0 radical (unpaired) electrons. The third kappa shape index (κ3) is 5.57. The van der Waals surface area contributed by atoms with Gasteiger partial charge in [-0.15, -0.1) is 10.2 Å². The van der Waals surface area contributed by atoms with Crippen molar-refractivity contribution in [2.45, 2.75) is 38.6 Å². The highest BCUT2D eigenvalue weighted by Gasteiger charge is 2.20. The Hall–Kier alpha value is -3.11. The third-order valence-corrected chi connectivity index (χ3v) is 5.88. The van der Waals surface area contributed by atoms with E-state index in [4.69, 9.17) is 16.3 Å². The van der Waals surface area contributed by atoms with Crippen LogP contribution in [0.2, 0.25) is 5.02 Å². The zero-order valence-electron chi connectivity index (χ0n) is 17.7. The van der Waals surface area contributed by atoms with E-state index in [2.05, 4.69) is 15.5 Å². The Balaban J connectivity index is 1.66. The molecule has 32 heavy (non-hydrogen) atoms. The lowest BCUT2D eigenvalue weighted by atomic mass is 10.2. The number of anilines is 1. The van der Waals surface area contributed by atoms with Crippen LogP contribution in [0, 0.1) is 17.0 Å². The van der Waals surface area contributed by atoms with Crippen molar-refractivity contribution in [3.8, 4) is 5.75 Å². The van der Waals surface area contributed by atoms with Gasteiger partial charge in [-0.25, -0.2) is 0 Å². The van der Waals surface area contributed by atoms with Crippen molar-refractivity contribution in [2.75, 3.05) is 11.1 Å². The molecule has 0 spiro atoms. The van der Waals surface area contributed by atoms with Crippen molar-refractivity contribution in [1.82, 2.24) is 14.8 Å². The first-order valence-electron chi connectivity index (χ1n) is 9.82. The van der Waals surface area contributed by atoms with Crippen molar-refractivity contribution in [3.05, 3.63) is 69.0 Å². The van der Waals surface area contributed by atoms with Crippen LogP contribution in [0.3, 0.4) is 0 Å². The first-order chi connectivity index (χ1) is 15.3. The molecule has 0 fully saturated rings. The first-order valence-corrected chi connectivity index (χ1v) is 11.2. The molecule has 1 amide bonds. The molecule has 3 rings (SSSR count). The molecule has 1 atom stereocenters. The number of carbonyl (C=O) groups excluding carboxylic acids is 1. The largest absolute Gasteiger partial charge is 0.481 e. The highest BCUT2D eigenvalue weighted by Crippen LogP contribution is 2.29. The van der Waals surface area contributed by atoms with E-state index in [1.165, 1.54) is 23.9 Å². The minimum atomic E-state index is -0.499. The molecular formula is C21H22ClN5O4S. The molecule has 168 valence electrons. The Morgan fingerprint density at radius 1 is 1.31 bits per heavy atom. The second-order valence-corrected chi connectivity index (χ2v) is 8.22. The summed E-state index contributed by atoms with van der Waals surface area (Å²) in [5.74, 6) is 0.935. The Morgan fingerprint density at radius 3 is 2.75 bits per heavy atom. The molecule has 0 aliphatic carbocycles. The number of nitro groups is 1. The summed E-state index contributed by atoms with van der Waals surface area (Å²) in [6.07, 6.45) is -0.405. The molecule has 0 unspecified atom stereocenters. The average Bonchev–Trinajstić information content (AvgIpc) is 3.18. The van der Waals surface area contributed by atoms with Gasteiger partial charge < -0.3 is 14.6 Å². The number of benzene rings is 2. The number of hydrogen-bond donors (Lipinski definition) is 1. The lowest BCUT2D eigenvalue weighted by Crippen LogP contribution is -2.16. The van der Waals surface area contributed by atoms with Crippen LogP contribution in [-0.2, 0) is 11.3 Å². The van der Waals surface area contributed by atoms with E-state index in [1.807, 2.05) is 30.5 Å². The lowest BCUT2D eigenvalue weighted by molar-refractivity contribution is -0.384. The standard InChI is InChI=1S/C21H22ClN5O4S/c1-4-26-20(14(3)31-18-8-6-5-7-16(18)22)24-25-21(26)32-12-19(28)23-17-11-15(27(29)30)10-9-13(17)2/h5-11,14H,4,12H2,1-3H3,(H,23,28)/t14-/m0/s1. The van der Waals surface area contributed by atoms with Crippen molar-refractivity contribution >= 4 is 40.6 Å². The molecule has 1 heterocycles. The van der Waals surface area contributed by atoms with Crippen LogP contribution < -0.4 is 10.1 Å². The molecule has 2 aromatic carbocycles. The number of aromatic nitrogens is 3. The molecule has 1 aromatic heterocycles. The fraction of sp³-hybridized carbons (Fsp3) is 0.286. The maximum Gasteiger partial charge on any atom is 0.271 e. The molecule has 0 saturated heterocycles. The molecule has 1 N–H and O–H groups in total. The normalized spacial score (nSPS) is 11.8. The number of nitrogens with zero attached hydrogens (tertiary/aromatic N) is 4. The molecule has 0 aliphatic heterocycles. The van der Waals surface area contributed by atoms with Gasteiger partial charge in [0.1, 0.15) is 5.75 Å². The number of thioether (sulfide) groups is 1. The fourth-order valence-electron chi connectivity index (χ4n) is 2.96. The predicted octanol–water partition coefficient (Wildman–Crippen LogP) is 5.04. The van der Waals surface area contributed by atoms with Gasteiger partial charge in [-0.3, -0.25) is 14.9 Å². The van der Waals surface area contributed by atoms with Crippen LogP contribution >= 0.6 is 23.4 Å². The minimum Gasteiger partial charge on any atom is -0.481 e. The quantitative estimate of drug-likeness (QED) is 0.262. The van der Waals surface area contributed by atoms with Crippen molar-refractivity contribution in [1.29, 1.82) is 0 Å². The topological polar surface area (TPSA) is 112 Å². The highest BCUT2D eigenvalue weighted by molar-refractivity contribution is 7.99. The maximum atomic E-state index is 12.4. The van der Waals surface area contributed by atoms with Crippen LogP contribution in [0.15, 0.2) is 47.6 Å². The Labute approximate surface area is 194 Å². The van der Waals surface area contributed by atoms with Gasteiger partial charge >= 0.3 is 0 Å². The van der Waals surface area contributed by atoms with E-state index in [0.717, 1.165) is 5.56 Å². The van der Waals surface area contributed by atoms with Gasteiger partial charge in [0.15, 0.2) is 17.1 Å². The molecular weight excluding hydrogens is 454 g/mol. The average molecular weight is 476 g/mol. The SMILES string of the molecule is CCn1c(SCC(=O)Nc2cc([N+](=O)[O-])ccc2C)nnc1[C@H](C)Oc1ccccc1Cl. The summed E-state index contributed by atoms with van der Waals surface area (Å²) in [6.45, 7) is 6.16. The summed E-state index contributed by atoms with van der Waals surface area (Å²) in [6, 6.07) is 11.5. The van der Waals surface area contributed by atoms with E-state index in [9.17, 15) is 14.9 Å². The van der Waals surface area contributed by atoms with Crippen LogP contribution in [0.4, 0.5) is 11.4 Å². The van der Waals surface area contributed by atoms with Gasteiger partial charge in [0.2, 0.25) is 5.91 Å². The molecule has 11 heteroatoms. The molecule has 0 bridgehead atoms. The number of para-hydroxylation sites is 1. The van der Waals surface area contributed by atoms with E-state index in [0.29, 0.717) is 34.0 Å². The second-order valence-electron chi connectivity index (χ2n) is 6.87. The molecule has 0 saturated carbocycles. The number of nitrogens with one attached hydrogen (secondary N) is 1. The number of amides is 1. The second kappa shape index (κ2) is 10.5. The highest BCUT2D eigenvalue weighted by atomic mass is 35.5. The van der Waals surface area contributed by atoms with Gasteiger partial charge in [0.05, 0.1) is 21.4 Å². The summed E-state index contributed by atoms with van der Waals surface area (Å²) in [5.41, 5.74) is 1.06. The number of ether oxygens (including phenoxy) is 1. The molecule has 9 nitrogen and oxygen atoms in total. The van der Waals surface area contributed by atoms with Crippen LogP contribution in [0.25, 0.3) is 0 Å². The van der Waals surface area contributed by atoms with E-state index in [-0.39, 0.29) is 17.3 Å². The van der Waals surface area contributed by atoms with Crippen molar-refractivity contribution < 1.29 is 14.5 Å². The number of rotatable bonds is 9. The summed E-state index contributed by atoms with van der Waals surface area (Å²) >= 11 is 7.39. The van der Waals surface area contributed by atoms with Gasteiger partial charge in [0, 0.05) is 18.7 Å². The molecule has 3 aromatic rings. The van der Waals surface area contributed by atoms with Crippen LogP contribution in [-0.4, -0.2) is 31.3 Å². The van der Waals surface area contributed by atoms with E-state index >= 15 is 0 Å². The maximum absolute atomic E-state index is 12.4. The minimum absolute atomic E-state index is 0.0695. The predicted molar refractivity (Wildman–Crippen MR) is 123 cm³/mol. The van der Waals surface area contributed by atoms with Gasteiger partial charge in [-0.2, -0.15) is 0 Å². The Bertz CT molecular complexity index is 1140. The number of aryl methyl sites for hydroxylation is 1. The molecule has 0 aliphatic rings. The van der Waals surface area contributed by atoms with Gasteiger partial charge in [0.25, 0.3) is 5.69 Å². The summed E-state index contributed by atoms with van der Waals surface area (Å²) in [5, 5.41) is 23.2. The summed E-state index contributed by atoms with van der Waals surface area (Å²) < 4.78 is 7.81. The van der Waals surface area contributed by atoms with Gasteiger partial charge in [-0.05, 0) is 38.5 Å². The lowest BCUT2D eigenvalue weighted by Gasteiger charge is -2.16.